The molecule has 3 heteroatoms. The summed E-state index contributed by atoms with van der Waals surface area (Å²) in [6, 6.07) is 8.44. The summed E-state index contributed by atoms with van der Waals surface area (Å²) < 4.78 is 5.23. The van der Waals surface area contributed by atoms with Crippen molar-refractivity contribution in [2.24, 2.45) is 0 Å². The number of benzene rings is 1. The second kappa shape index (κ2) is 5.09. The first-order valence-corrected chi connectivity index (χ1v) is 6.07. The van der Waals surface area contributed by atoms with Crippen molar-refractivity contribution in [1.29, 1.82) is 5.26 Å². The van der Waals surface area contributed by atoms with Crippen LogP contribution in [0.15, 0.2) is 18.2 Å². The van der Waals surface area contributed by atoms with Gasteiger partial charge in [0.05, 0.1) is 18.4 Å². The van der Waals surface area contributed by atoms with Gasteiger partial charge in [0.2, 0.25) is 0 Å². The topological polar surface area (TPSA) is 36.3 Å². The van der Waals surface area contributed by atoms with Crippen molar-refractivity contribution in [2.45, 2.75) is 31.7 Å². The van der Waals surface area contributed by atoms with Gasteiger partial charge in [-0.1, -0.05) is 12.8 Å². The van der Waals surface area contributed by atoms with E-state index in [-0.39, 0.29) is 0 Å². The Hall–Kier alpha value is -1.69. The van der Waals surface area contributed by atoms with Crippen molar-refractivity contribution in [2.75, 3.05) is 19.1 Å². The fraction of sp³-hybridized carbons (Fsp3) is 0.500. The molecule has 0 unspecified atom stereocenters. The molecule has 17 heavy (non-hydrogen) atoms. The van der Waals surface area contributed by atoms with E-state index in [2.05, 4.69) is 18.0 Å². The molecule has 0 aromatic heterocycles. The maximum Gasteiger partial charge on any atom is 0.121 e. The Bertz CT molecular complexity index is 430. The van der Waals surface area contributed by atoms with Gasteiger partial charge >= 0.3 is 0 Å². The van der Waals surface area contributed by atoms with Crippen LogP contribution in [0, 0.1) is 11.3 Å². The van der Waals surface area contributed by atoms with Crippen molar-refractivity contribution in [3.63, 3.8) is 0 Å². The van der Waals surface area contributed by atoms with Crippen LogP contribution in [0.4, 0.5) is 5.69 Å². The lowest BCUT2D eigenvalue weighted by Gasteiger charge is -2.27. The molecule has 0 N–H and O–H groups in total. The minimum Gasteiger partial charge on any atom is -0.497 e. The molecule has 1 aromatic carbocycles. The molecule has 0 bridgehead atoms. The number of rotatable bonds is 3. The predicted molar refractivity (Wildman–Crippen MR) is 68.4 cm³/mol. The highest BCUT2D eigenvalue weighted by molar-refractivity contribution is 5.62. The number of nitrogens with zero attached hydrogens (tertiary/aromatic N) is 2. The molecule has 1 aliphatic carbocycles. The molecule has 0 aliphatic heterocycles. The van der Waals surface area contributed by atoms with E-state index in [1.165, 1.54) is 25.7 Å². The van der Waals surface area contributed by atoms with Gasteiger partial charge in [-0.2, -0.15) is 5.26 Å². The van der Waals surface area contributed by atoms with Crippen molar-refractivity contribution in [3.8, 4) is 11.8 Å². The lowest BCUT2D eigenvalue weighted by molar-refractivity contribution is 0.414. The van der Waals surface area contributed by atoms with Crippen LogP contribution < -0.4 is 9.64 Å². The largest absolute Gasteiger partial charge is 0.497 e. The SMILES string of the molecule is COc1ccc(C#N)c(N(C)C2CCCC2)c1. The normalized spacial score (nSPS) is 15.6. The summed E-state index contributed by atoms with van der Waals surface area (Å²) >= 11 is 0. The van der Waals surface area contributed by atoms with Crippen molar-refractivity contribution < 1.29 is 4.74 Å². The van der Waals surface area contributed by atoms with E-state index in [1.807, 2.05) is 18.2 Å². The maximum absolute atomic E-state index is 9.16. The van der Waals surface area contributed by atoms with E-state index in [4.69, 9.17) is 10.00 Å². The minimum absolute atomic E-state index is 0.564. The Morgan fingerprint density at radius 2 is 2.06 bits per heavy atom. The summed E-state index contributed by atoms with van der Waals surface area (Å²) in [5, 5.41) is 9.16. The fourth-order valence-electron chi connectivity index (χ4n) is 2.51. The first-order valence-electron chi connectivity index (χ1n) is 6.07. The van der Waals surface area contributed by atoms with E-state index in [1.54, 1.807) is 7.11 Å². The molecule has 0 heterocycles. The molecule has 3 nitrogen and oxygen atoms in total. The van der Waals surface area contributed by atoms with Crippen LogP contribution in [0.2, 0.25) is 0 Å². The van der Waals surface area contributed by atoms with Gasteiger partial charge in [-0.3, -0.25) is 0 Å². The Morgan fingerprint density at radius 1 is 1.35 bits per heavy atom. The number of nitriles is 1. The van der Waals surface area contributed by atoms with Gasteiger partial charge in [0.1, 0.15) is 11.8 Å². The summed E-state index contributed by atoms with van der Waals surface area (Å²) in [6.45, 7) is 0. The number of hydrogen-bond donors (Lipinski definition) is 0. The minimum atomic E-state index is 0.564. The maximum atomic E-state index is 9.16. The first kappa shape index (κ1) is 11.8. The van der Waals surface area contributed by atoms with Gasteiger partial charge < -0.3 is 9.64 Å². The summed E-state index contributed by atoms with van der Waals surface area (Å²) in [5.74, 6) is 0.809. The second-order valence-corrected chi connectivity index (χ2v) is 4.54. The highest BCUT2D eigenvalue weighted by Crippen LogP contribution is 2.31. The fourth-order valence-corrected chi connectivity index (χ4v) is 2.51. The zero-order valence-corrected chi connectivity index (χ0v) is 10.4. The van der Waals surface area contributed by atoms with E-state index in [0.717, 1.165) is 17.0 Å². The monoisotopic (exact) mass is 230 g/mol. The van der Waals surface area contributed by atoms with Crippen molar-refractivity contribution in [3.05, 3.63) is 23.8 Å². The van der Waals surface area contributed by atoms with Gasteiger partial charge in [0.25, 0.3) is 0 Å². The van der Waals surface area contributed by atoms with Crippen LogP contribution in [0.1, 0.15) is 31.2 Å². The molecule has 1 saturated carbocycles. The van der Waals surface area contributed by atoms with E-state index in [9.17, 15) is 0 Å². The molecule has 0 spiro atoms. The highest BCUT2D eigenvalue weighted by atomic mass is 16.5. The predicted octanol–water partition coefficient (Wildman–Crippen LogP) is 2.95. The third-order valence-electron chi connectivity index (χ3n) is 3.58. The molecule has 0 radical (unpaired) electrons. The second-order valence-electron chi connectivity index (χ2n) is 4.54. The molecule has 1 aliphatic rings. The van der Waals surface area contributed by atoms with Crippen molar-refractivity contribution in [1.82, 2.24) is 0 Å². The number of hydrogen-bond acceptors (Lipinski definition) is 3. The third kappa shape index (κ3) is 2.36. The lowest BCUT2D eigenvalue weighted by atomic mass is 10.1. The number of anilines is 1. The molecule has 0 atom stereocenters. The molecular weight excluding hydrogens is 212 g/mol. The Morgan fingerprint density at radius 3 is 2.65 bits per heavy atom. The van der Waals surface area contributed by atoms with Crippen molar-refractivity contribution >= 4 is 5.69 Å². The molecule has 1 aromatic rings. The first-order chi connectivity index (χ1) is 8.26. The third-order valence-corrected chi connectivity index (χ3v) is 3.58. The highest BCUT2D eigenvalue weighted by Gasteiger charge is 2.21. The lowest BCUT2D eigenvalue weighted by Crippen LogP contribution is -2.29. The molecule has 90 valence electrons. The van der Waals surface area contributed by atoms with E-state index < -0.39 is 0 Å². The zero-order valence-electron chi connectivity index (χ0n) is 10.4. The molecule has 0 amide bonds. The summed E-state index contributed by atoms with van der Waals surface area (Å²) in [5.41, 5.74) is 1.71. The van der Waals surface area contributed by atoms with Gasteiger partial charge in [-0.25, -0.2) is 0 Å². The smallest absolute Gasteiger partial charge is 0.121 e. The van der Waals surface area contributed by atoms with Crippen LogP contribution in [0.3, 0.4) is 0 Å². The average Bonchev–Trinajstić information content (AvgIpc) is 2.91. The van der Waals surface area contributed by atoms with Crippen LogP contribution in [-0.4, -0.2) is 20.2 Å². The molecular formula is C14H18N2O. The molecule has 1 fully saturated rings. The molecule has 0 saturated heterocycles. The van der Waals surface area contributed by atoms with Gasteiger partial charge in [0, 0.05) is 19.2 Å². The number of methoxy groups -OCH3 is 1. The summed E-state index contributed by atoms with van der Waals surface area (Å²) in [4.78, 5) is 2.23. The van der Waals surface area contributed by atoms with Crippen LogP contribution in [-0.2, 0) is 0 Å². The Balaban J connectivity index is 2.31. The van der Waals surface area contributed by atoms with E-state index in [0.29, 0.717) is 6.04 Å². The Kier molecular flexibility index (Phi) is 3.53. The zero-order chi connectivity index (χ0) is 12.3. The van der Waals surface area contributed by atoms with Gasteiger partial charge in [0.15, 0.2) is 0 Å². The van der Waals surface area contributed by atoms with Crippen LogP contribution in [0.5, 0.6) is 5.75 Å². The van der Waals surface area contributed by atoms with Crippen LogP contribution >= 0.6 is 0 Å². The Labute approximate surface area is 103 Å². The standard InChI is InChI=1S/C14H18N2O/c1-16(12-5-3-4-6-12)14-9-13(17-2)8-7-11(14)10-15/h7-9,12H,3-6H2,1-2H3. The molecule has 2 rings (SSSR count). The summed E-state index contributed by atoms with van der Waals surface area (Å²) in [7, 11) is 3.73. The van der Waals surface area contributed by atoms with Gasteiger partial charge in [-0.05, 0) is 25.0 Å². The quantitative estimate of drug-likeness (QED) is 0.801. The van der Waals surface area contributed by atoms with E-state index >= 15 is 0 Å². The number of ether oxygens (including phenoxy) is 1. The average molecular weight is 230 g/mol. The van der Waals surface area contributed by atoms with Gasteiger partial charge in [-0.15, -0.1) is 0 Å². The van der Waals surface area contributed by atoms with Crippen LogP contribution in [0.25, 0.3) is 0 Å². The summed E-state index contributed by atoms with van der Waals surface area (Å²) in [6.07, 6.45) is 5.03.